The summed E-state index contributed by atoms with van der Waals surface area (Å²) < 4.78 is 0. The number of hydrogen-bond donors (Lipinski definition) is 2. The van der Waals surface area contributed by atoms with Crippen LogP contribution < -0.4 is 11.7 Å². The molecule has 3 nitrogen and oxygen atoms in total. The first-order valence-corrected chi connectivity index (χ1v) is 0.964. The monoisotopic (exact) mass is 141 g/mol. The van der Waals surface area contributed by atoms with Gasteiger partial charge in [-0.15, -0.1) is 17.0 Å². The molecule has 5 heavy (non-hydrogen) atoms. The molecule has 0 aromatic heterocycles. The van der Waals surface area contributed by atoms with Crippen LogP contribution in [0.25, 0.3) is 0 Å². The van der Waals surface area contributed by atoms with E-state index in [-0.39, 0.29) is 17.0 Å². The quantitative estimate of drug-likeness (QED) is 0.345. The molecule has 0 unspecified atom stereocenters. The van der Waals surface area contributed by atoms with E-state index in [1.165, 1.54) is 0 Å². The molecule has 0 radical (unpaired) electrons. The van der Waals surface area contributed by atoms with Gasteiger partial charge in [0.2, 0.25) is 0 Å². The van der Waals surface area contributed by atoms with Crippen molar-refractivity contribution >= 4 is 17.0 Å². The third kappa shape index (κ3) is 187. The highest BCUT2D eigenvalue weighted by Crippen LogP contribution is 1.25. The molecule has 0 fully saturated rings. The SMILES string of the molecule is Br.CN(N)N. The molecular weight excluding hydrogens is 134 g/mol. The molecule has 0 saturated heterocycles. The van der Waals surface area contributed by atoms with Crippen molar-refractivity contribution < 1.29 is 0 Å². The van der Waals surface area contributed by atoms with Crippen LogP contribution in [0, 0.1) is 0 Å². The number of nitrogens with zero attached hydrogens (tertiary/aromatic N) is 1. The van der Waals surface area contributed by atoms with Gasteiger partial charge in [0, 0.05) is 7.05 Å². The molecule has 0 aliphatic rings. The molecule has 0 aliphatic carbocycles. The topological polar surface area (TPSA) is 55.3 Å². The second kappa shape index (κ2) is 4.36. The molecule has 0 rings (SSSR count). The highest BCUT2D eigenvalue weighted by molar-refractivity contribution is 8.93. The second-order valence-corrected chi connectivity index (χ2v) is 0.665. The van der Waals surface area contributed by atoms with Crippen LogP contribution in [0.15, 0.2) is 0 Å². The van der Waals surface area contributed by atoms with E-state index in [0.29, 0.717) is 0 Å². The fourth-order valence-corrected chi connectivity index (χ4v) is 0. The number of halogens is 1. The summed E-state index contributed by atoms with van der Waals surface area (Å²) in [6.45, 7) is 0. The molecule has 34 valence electrons. The fourth-order valence-electron chi connectivity index (χ4n) is 0. The lowest BCUT2D eigenvalue weighted by atomic mass is 11.4. The summed E-state index contributed by atoms with van der Waals surface area (Å²) >= 11 is 0. The van der Waals surface area contributed by atoms with E-state index >= 15 is 0 Å². The third-order valence-corrected chi connectivity index (χ3v) is 0. The Morgan fingerprint density at radius 2 is 1.40 bits per heavy atom. The third-order valence-electron chi connectivity index (χ3n) is 0. The molecular formula is CH8BrN3. The molecule has 0 atom stereocenters. The Balaban J connectivity index is 0. The average molecular weight is 142 g/mol. The van der Waals surface area contributed by atoms with Crippen molar-refractivity contribution in [3.63, 3.8) is 0 Å². The second-order valence-electron chi connectivity index (χ2n) is 0.665. The Kier molecular flexibility index (Phi) is 7.87. The Hall–Kier alpha value is 0.360. The molecule has 0 spiro atoms. The Morgan fingerprint density at radius 3 is 1.40 bits per heavy atom. The van der Waals surface area contributed by atoms with Crippen molar-refractivity contribution in [1.82, 2.24) is 5.12 Å². The van der Waals surface area contributed by atoms with Crippen LogP contribution in [0.1, 0.15) is 0 Å². The number of rotatable bonds is 0. The van der Waals surface area contributed by atoms with E-state index in [4.69, 9.17) is 11.7 Å². The summed E-state index contributed by atoms with van der Waals surface area (Å²) in [5.74, 6) is 9.44. The van der Waals surface area contributed by atoms with Crippen LogP contribution in [0.4, 0.5) is 0 Å². The Labute approximate surface area is 41.6 Å². The van der Waals surface area contributed by atoms with Gasteiger partial charge in [0.25, 0.3) is 0 Å². The van der Waals surface area contributed by atoms with Crippen molar-refractivity contribution in [3.05, 3.63) is 0 Å². The molecule has 4 N–H and O–H groups in total. The largest absolute Gasteiger partial charge is 0.256 e. The minimum Gasteiger partial charge on any atom is -0.256 e. The number of nitrogens with two attached hydrogens (primary N) is 2. The number of hydrogen-bond acceptors (Lipinski definition) is 3. The van der Waals surface area contributed by atoms with Crippen molar-refractivity contribution in [2.24, 2.45) is 11.7 Å². The average Bonchev–Trinajstić information content (AvgIpc) is 0.811. The molecule has 0 aliphatic heterocycles. The molecule has 4 heteroatoms. The summed E-state index contributed by atoms with van der Waals surface area (Å²) in [6, 6.07) is 0. The van der Waals surface area contributed by atoms with Crippen LogP contribution in [-0.2, 0) is 0 Å². The first-order valence-electron chi connectivity index (χ1n) is 0.964. The lowest BCUT2D eigenvalue weighted by Crippen LogP contribution is -2.32. The Bertz CT molecular complexity index is 11.6. The number of hydrazine groups is 2. The summed E-state index contributed by atoms with van der Waals surface area (Å²) in [5.41, 5.74) is 0. The predicted molar refractivity (Wildman–Crippen MR) is 26.5 cm³/mol. The molecule has 0 amide bonds. The maximum absolute atomic E-state index is 4.72. The lowest BCUT2D eigenvalue weighted by molar-refractivity contribution is 0.366. The van der Waals surface area contributed by atoms with Gasteiger partial charge < -0.3 is 0 Å². The maximum atomic E-state index is 4.72. The van der Waals surface area contributed by atoms with Gasteiger partial charge >= 0.3 is 0 Å². The van der Waals surface area contributed by atoms with Gasteiger partial charge in [0.05, 0.1) is 0 Å². The zero-order chi connectivity index (χ0) is 3.58. The van der Waals surface area contributed by atoms with Gasteiger partial charge in [-0.25, -0.2) is 0 Å². The standard InChI is InChI=1S/CH7N3.BrH/c1-4(2)3;/h2-3H2,1H3;1H. The first-order chi connectivity index (χ1) is 1.73. The summed E-state index contributed by atoms with van der Waals surface area (Å²) in [5, 5.41) is 1.00. The van der Waals surface area contributed by atoms with Crippen molar-refractivity contribution in [3.8, 4) is 0 Å². The molecule has 0 heterocycles. The normalized spacial score (nSPS) is 7.20. The van der Waals surface area contributed by atoms with E-state index in [2.05, 4.69) is 0 Å². The van der Waals surface area contributed by atoms with Gasteiger partial charge in [0.15, 0.2) is 0 Å². The minimum atomic E-state index is 0. The van der Waals surface area contributed by atoms with Crippen molar-refractivity contribution in [2.45, 2.75) is 0 Å². The molecule has 0 saturated carbocycles. The maximum Gasteiger partial charge on any atom is 0.0169 e. The summed E-state index contributed by atoms with van der Waals surface area (Å²) in [4.78, 5) is 0. The zero-order valence-electron chi connectivity index (χ0n) is 3.01. The van der Waals surface area contributed by atoms with Crippen LogP contribution in [0.3, 0.4) is 0 Å². The van der Waals surface area contributed by atoms with Gasteiger partial charge in [-0.2, -0.15) is 5.12 Å². The molecule has 0 aromatic rings. The van der Waals surface area contributed by atoms with E-state index in [0.717, 1.165) is 5.12 Å². The van der Waals surface area contributed by atoms with Crippen LogP contribution in [0.2, 0.25) is 0 Å². The van der Waals surface area contributed by atoms with Crippen molar-refractivity contribution in [1.29, 1.82) is 0 Å². The van der Waals surface area contributed by atoms with E-state index < -0.39 is 0 Å². The molecule has 0 aromatic carbocycles. The van der Waals surface area contributed by atoms with Crippen molar-refractivity contribution in [2.75, 3.05) is 7.05 Å². The summed E-state index contributed by atoms with van der Waals surface area (Å²) in [7, 11) is 1.56. The van der Waals surface area contributed by atoms with Crippen LogP contribution in [-0.4, -0.2) is 12.2 Å². The van der Waals surface area contributed by atoms with Crippen LogP contribution in [0.5, 0.6) is 0 Å². The zero-order valence-corrected chi connectivity index (χ0v) is 4.72. The van der Waals surface area contributed by atoms with Gasteiger partial charge in [-0.3, -0.25) is 11.7 Å². The highest BCUT2D eigenvalue weighted by atomic mass is 79.9. The fraction of sp³-hybridized carbons (Fsp3) is 1.00. The minimum absolute atomic E-state index is 0. The van der Waals surface area contributed by atoms with E-state index in [9.17, 15) is 0 Å². The van der Waals surface area contributed by atoms with E-state index in [1.54, 1.807) is 7.05 Å². The Morgan fingerprint density at radius 1 is 1.40 bits per heavy atom. The molecule has 0 bridgehead atoms. The first kappa shape index (κ1) is 9.03. The van der Waals surface area contributed by atoms with E-state index in [1.807, 2.05) is 0 Å². The highest BCUT2D eigenvalue weighted by Gasteiger charge is 1.56. The van der Waals surface area contributed by atoms with Gasteiger partial charge in [0.1, 0.15) is 0 Å². The smallest absolute Gasteiger partial charge is 0.0169 e. The lowest BCUT2D eigenvalue weighted by Gasteiger charge is -1.91. The van der Waals surface area contributed by atoms with Gasteiger partial charge in [-0.05, 0) is 0 Å². The predicted octanol–water partition coefficient (Wildman–Crippen LogP) is -0.757. The van der Waals surface area contributed by atoms with Crippen LogP contribution >= 0.6 is 17.0 Å². The summed E-state index contributed by atoms with van der Waals surface area (Å²) in [6.07, 6.45) is 0. The van der Waals surface area contributed by atoms with Gasteiger partial charge in [-0.1, -0.05) is 0 Å².